The Morgan fingerprint density at radius 3 is 3.05 bits per heavy atom. The molecule has 1 aromatic carbocycles. The molecule has 0 aliphatic carbocycles. The van der Waals surface area contributed by atoms with Crippen molar-refractivity contribution >= 4 is 22.5 Å². The van der Waals surface area contributed by atoms with Crippen LogP contribution in [0.5, 0.6) is 0 Å². The number of anilines is 1. The lowest BCUT2D eigenvalue weighted by Gasteiger charge is -2.06. The van der Waals surface area contributed by atoms with E-state index in [0.717, 1.165) is 22.2 Å². The van der Waals surface area contributed by atoms with Gasteiger partial charge in [-0.15, -0.1) is 0 Å². The first kappa shape index (κ1) is 11.3. The zero-order valence-electron chi connectivity index (χ0n) is 10.2. The molecule has 3 aromatic rings. The van der Waals surface area contributed by atoms with Crippen LogP contribution in [0.3, 0.4) is 0 Å². The molecule has 0 spiro atoms. The van der Waals surface area contributed by atoms with Crippen molar-refractivity contribution in [2.24, 2.45) is 0 Å². The standard InChI is InChI=1S/C13H11N5O/c1-8-4-10(5-9-6-16-18-12(8)9)17-13(19)11-2-3-14-7-15-11/h2-7H,1H3,(H,16,18)(H,17,19). The summed E-state index contributed by atoms with van der Waals surface area (Å²) < 4.78 is 0. The van der Waals surface area contributed by atoms with E-state index in [1.807, 2.05) is 19.1 Å². The molecule has 2 aromatic heterocycles. The van der Waals surface area contributed by atoms with Crippen LogP contribution in [0.4, 0.5) is 5.69 Å². The molecule has 0 bridgehead atoms. The Labute approximate surface area is 108 Å². The highest BCUT2D eigenvalue weighted by atomic mass is 16.1. The molecule has 0 aliphatic rings. The van der Waals surface area contributed by atoms with Crippen molar-refractivity contribution in [2.75, 3.05) is 5.32 Å². The lowest BCUT2D eigenvalue weighted by Crippen LogP contribution is -2.13. The van der Waals surface area contributed by atoms with Gasteiger partial charge < -0.3 is 5.32 Å². The summed E-state index contributed by atoms with van der Waals surface area (Å²) in [5, 5.41) is 10.7. The van der Waals surface area contributed by atoms with Crippen molar-refractivity contribution in [3.8, 4) is 0 Å². The maximum atomic E-state index is 12.0. The van der Waals surface area contributed by atoms with E-state index in [1.165, 1.54) is 12.5 Å². The van der Waals surface area contributed by atoms with Crippen LogP contribution >= 0.6 is 0 Å². The van der Waals surface area contributed by atoms with Crippen LogP contribution in [0.2, 0.25) is 0 Å². The van der Waals surface area contributed by atoms with Crippen molar-refractivity contribution < 1.29 is 4.79 Å². The van der Waals surface area contributed by atoms with Crippen LogP contribution in [0, 0.1) is 6.92 Å². The first-order valence-electron chi connectivity index (χ1n) is 5.75. The minimum Gasteiger partial charge on any atom is -0.321 e. The van der Waals surface area contributed by atoms with Crippen LogP contribution < -0.4 is 5.32 Å². The van der Waals surface area contributed by atoms with Gasteiger partial charge in [0.15, 0.2) is 0 Å². The third kappa shape index (κ3) is 2.15. The first-order valence-corrected chi connectivity index (χ1v) is 5.75. The fourth-order valence-corrected chi connectivity index (χ4v) is 1.93. The van der Waals surface area contributed by atoms with Gasteiger partial charge in [-0.1, -0.05) is 0 Å². The summed E-state index contributed by atoms with van der Waals surface area (Å²) >= 11 is 0. The molecular formula is C13H11N5O. The third-order valence-corrected chi connectivity index (χ3v) is 2.82. The number of benzene rings is 1. The minimum absolute atomic E-state index is 0.260. The van der Waals surface area contributed by atoms with Crippen molar-refractivity contribution in [1.82, 2.24) is 20.2 Å². The number of H-pyrrole nitrogens is 1. The van der Waals surface area contributed by atoms with E-state index in [0.29, 0.717) is 5.69 Å². The van der Waals surface area contributed by atoms with E-state index < -0.39 is 0 Å². The Morgan fingerprint density at radius 2 is 2.26 bits per heavy atom. The average molecular weight is 253 g/mol. The van der Waals surface area contributed by atoms with Gasteiger partial charge in [-0.2, -0.15) is 5.10 Å². The topological polar surface area (TPSA) is 83.6 Å². The van der Waals surface area contributed by atoms with Crippen LogP contribution in [0.25, 0.3) is 10.9 Å². The van der Waals surface area contributed by atoms with E-state index >= 15 is 0 Å². The number of hydrogen-bond acceptors (Lipinski definition) is 4. The molecule has 0 saturated carbocycles. The maximum Gasteiger partial charge on any atom is 0.274 e. The van der Waals surface area contributed by atoms with Gasteiger partial charge in [0.25, 0.3) is 5.91 Å². The zero-order valence-corrected chi connectivity index (χ0v) is 10.2. The number of nitrogens with zero attached hydrogens (tertiary/aromatic N) is 3. The number of fused-ring (bicyclic) bond motifs is 1. The Bertz CT molecular complexity index is 735. The van der Waals surface area contributed by atoms with Crippen molar-refractivity contribution in [1.29, 1.82) is 0 Å². The van der Waals surface area contributed by atoms with Gasteiger partial charge in [0.2, 0.25) is 0 Å². The molecule has 0 unspecified atom stereocenters. The Kier molecular flexibility index (Phi) is 2.68. The molecule has 0 aliphatic heterocycles. The molecule has 94 valence electrons. The van der Waals surface area contributed by atoms with E-state index in [4.69, 9.17) is 0 Å². The van der Waals surface area contributed by atoms with Gasteiger partial charge in [-0.3, -0.25) is 9.89 Å². The summed E-state index contributed by atoms with van der Waals surface area (Å²) in [4.78, 5) is 19.7. The number of aromatic amines is 1. The highest BCUT2D eigenvalue weighted by Crippen LogP contribution is 2.21. The fraction of sp³-hybridized carbons (Fsp3) is 0.0769. The monoisotopic (exact) mass is 253 g/mol. The van der Waals surface area contributed by atoms with Crippen molar-refractivity contribution in [2.45, 2.75) is 6.92 Å². The Balaban J connectivity index is 1.91. The van der Waals surface area contributed by atoms with Gasteiger partial charge in [0.05, 0.1) is 11.7 Å². The Hall–Kier alpha value is -2.76. The summed E-state index contributed by atoms with van der Waals surface area (Å²) in [6, 6.07) is 5.32. The molecule has 0 radical (unpaired) electrons. The summed E-state index contributed by atoms with van der Waals surface area (Å²) in [6.45, 7) is 1.96. The van der Waals surface area contributed by atoms with Crippen molar-refractivity contribution in [3.05, 3.63) is 48.2 Å². The first-order chi connectivity index (χ1) is 9.24. The number of nitrogens with one attached hydrogen (secondary N) is 2. The summed E-state index contributed by atoms with van der Waals surface area (Å²) in [6.07, 6.45) is 4.61. The fourth-order valence-electron chi connectivity index (χ4n) is 1.93. The zero-order chi connectivity index (χ0) is 13.2. The minimum atomic E-state index is -0.260. The van der Waals surface area contributed by atoms with Gasteiger partial charge >= 0.3 is 0 Å². The molecule has 2 heterocycles. The summed E-state index contributed by atoms with van der Waals surface area (Å²) in [5.41, 5.74) is 3.04. The second-order valence-corrected chi connectivity index (χ2v) is 4.18. The van der Waals surface area contributed by atoms with E-state index in [9.17, 15) is 4.79 Å². The molecular weight excluding hydrogens is 242 g/mol. The van der Waals surface area contributed by atoms with Gasteiger partial charge in [-0.25, -0.2) is 9.97 Å². The molecule has 6 nitrogen and oxygen atoms in total. The molecule has 6 heteroatoms. The molecule has 0 atom stereocenters. The lowest BCUT2D eigenvalue weighted by molar-refractivity contribution is 0.102. The van der Waals surface area contributed by atoms with Crippen LogP contribution in [-0.4, -0.2) is 26.1 Å². The molecule has 0 saturated heterocycles. The number of amides is 1. The number of hydrogen-bond donors (Lipinski definition) is 2. The summed E-state index contributed by atoms with van der Waals surface area (Å²) in [7, 11) is 0. The normalized spacial score (nSPS) is 10.6. The Morgan fingerprint density at radius 1 is 1.37 bits per heavy atom. The number of carbonyl (C=O) groups excluding carboxylic acids is 1. The van der Waals surface area contributed by atoms with E-state index in [-0.39, 0.29) is 5.91 Å². The van der Waals surface area contributed by atoms with E-state index in [2.05, 4.69) is 25.5 Å². The molecule has 2 N–H and O–H groups in total. The maximum absolute atomic E-state index is 12.0. The number of rotatable bonds is 2. The quantitative estimate of drug-likeness (QED) is 0.730. The van der Waals surface area contributed by atoms with Crippen molar-refractivity contribution in [3.63, 3.8) is 0 Å². The van der Waals surface area contributed by atoms with Crippen LogP contribution in [-0.2, 0) is 0 Å². The molecule has 0 fully saturated rings. The molecule has 1 amide bonds. The highest BCUT2D eigenvalue weighted by Gasteiger charge is 2.09. The van der Waals surface area contributed by atoms with Crippen LogP contribution in [0.1, 0.15) is 16.1 Å². The van der Waals surface area contributed by atoms with Gasteiger partial charge in [0.1, 0.15) is 12.0 Å². The second-order valence-electron chi connectivity index (χ2n) is 4.18. The van der Waals surface area contributed by atoms with Gasteiger partial charge in [0, 0.05) is 17.3 Å². The molecule has 3 rings (SSSR count). The van der Waals surface area contributed by atoms with Crippen LogP contribution in [0.15, 0.2) is 36.9 Å². The highest BCUT2D eigenvalue weighted by molar-refractivity contribution is 6.03. The third-order valence-electron chi connectivity index (χ3n) is 2.82. The lowest BCUT2D eigenvalue weighted by atomic mass is 10.1. The largest absolute Gasteiger partial charge is 0.321 e. The SMILES string of the molecule is Cc1cc(NC(=O)c2ccncn2)cc2cn[nH]c12. The number of carbonyl (C=O) groups is 1. The number of aryl methyl sites for hydroxylation is 1. The van der Waals surface area contributed by atoms with Gasteiger partial charge in [-0.05, 0) is 30.7 Å². The predicted octanol–water partition coefficient (Wildman–Crippen LogP) is 1.91. The second kappa shape index (κ2) is 4.49. The molecule has 19 heavy (non-hydrogen) atoms. The summed E-state index contributed by atoms with van der Waals surface area (Å²) in [5.74, 6) is -0.260. The average Bonchev–Trinajstić information content (AvgIpc) is 2.88. The predicted molar refractivity (Wildman–Crippen MR) is 70.8 cm³/mol. The van der Waals surface area contributed by atoms with E-state index in [1.54, 1.807) is 12.3 Å². The smallest absolute Gasteiger partial charge is 0.274 e. The number of aromatic nitrogens is 4.